The van der Waals surface area contributed by atoms with Crippen molar-refractivity contribution in [1.29, 1.82) is 0 Å². The Labute approximate surface area is 218 Å². The van der Waals surface area contributed by atoms with Gasteiger partial charge in [-0.05, 0) is 95.5 Å². The number of nitrogens with one attached hydrogen (secondary N) is 1. The van der Waals surface area contributed by atoms with Crippen LogP contribution in [0.15, 0.2) is 42.6 Å². The maximum atomic E-state index is 13.0. The summed E-state index contributed by atoms with van der Waals surface area (Å²) in [5.74, 6) is -1.40. The number of amides is 1. The maximum Gasteiger partial charge on any atom is 0.408 e. The molecule has 1 N–H and O–H groups in total. The Balaban J connectivity index is 1.22. The fraction of sp³-hybridized carbons (Fsp3) is 0.586. The van der Waals surface area contributed by atoms with E-state index in [1.54, 1.807) is 6.20 Å². The van der Waals surface area contributed by atoms with E-state index >= 15 is 0 Å². The lowest BCUT2D eigenvalue weighted by atomic mass is 9.84. The summed E-state index contributed by atoms with van der Waals surface area (Å²) in [4.78, 5) is 16.5. The van der Waals surface area contributed by atoms with E-state index < -0.39 is 23.5 Å². The molecule has 2 aromatic rings. The molecule has 0 aliphatic heterocycles. The van der Waals surface area contributed by atoms with Gasteiger partial charge in [-0.15, -0.1) is 0 Å². The molecule has 1 aromatic heterocycles. The van der Waals surface area contributed by atoms with Crippen molar-refractivity contribution in [1.82, 2.24) is 10.3 Å². The number of aromatic nitrogens is 1. The van der Waals surface area contributed by atoms with Crippen molar-refractivity contribution in [3.63, 3.8) is 0 Å². The van der Waals surface area contributed by atoms with E-state index in [9.17, 15) is 13.6 Å². The van der Waals surface area contributed by atoms with Gasteiger partial charge in [0.2, 0.25) is 0 Å². The summed E-state index contributed by atoms with van der Waals surface area (Å²) in [6, 6.07) is 11.4. The third-order valence-electron chi connectivity index (χ3n) is 6.85. The van der Waals surface area contributed by atoms with Crippen LogP contribution in [0.3, 0.4) is 0 Å². The molecule has 4 rings (SSSR count). The van der Waals surface area contributed by atoms with E-state index in [2.05, 4.69) is 10.3 Å². The minimum absolute atomic E-state index is 0.0375. The van der Waals surface area contributed by atoms with Crippen LogP contribution < -0.4 is 14.8 Å². The van der Waals surface area contributed by atoms with Gasteiger partial charge in [0.1, 0.15) is 17.1 Å². The number of carbonyl (C=O) groups excluding carboxylic acids is 1. The highest BCUT2D eigenvalue weighted by molar-refractivity contribution is 5.68. The predicted octanol–water partition coefficient (Wildman–Crippen LogP) is 6.88. The van der Waals surface area contributed by atoms with Crippen molar-refractivity contribution >= 4 is 6.09 Å². The third-order valence-corrected chi connectivity index (χ3v) is 6.85. The second-order valence-corrected chi connectivity index (χ2v) is 11.4. The van der Waals surface area contributed by atoms with Gasteiger partial charge in [0.05, 0.1) is 30.9 Å². The highest BCUT2D eigenvalue weighted by Crippen LogP contribution is 2.48. The number of nitrogens with zero attached hydrogens (tertiary/aromatic N) is 1. The van der Waals surface area contributed by atoms with Crippen LogP contribution in [0.5, 0.6) is 11.5 Å². The molecular formula is C29H38F2N2O4. The average Bonchev–Trinajstić information content (AvgIpc) is 3.44. The number of rotatable bonds is 9. The highest BCUT2D eigenvalue weighted by atomic mass is 19.3. The summed E-state index contributed by atoms with van der Waals surface area (Å²) in [6.07, 6.45) is 6.30. The normalized spacial score (nSPS) is 23.6. The molecule has 4 atom stereocenters. The van der Waals surface area contributed by atoms with Gasteiger partial charge in [0.25, 0.3) is 5.92 Å². The second-order valence-electron chi connectivity index (χ2n) is 11.4. The molecule has 37 heavy (non-hydrogen) atoms. The van der Waals surface area contributed by atoms with Gasteiger partial charge >= 0.3 is 6.09 Å². The number of alkyl halides is 2. The first-order chi connectivity index (χ1) is 17.5. The van der Waals surface area contributed by atoms with Crippen molar-refractivity contribution < 1.29 is 27.8 Å². The molecule has 1 amide bonds. The maximum absolute atomic E-state index is 13.0. The van der Waals surface area contributed by atoms with E-state index in [1.165, 1.54) is 0 Å². The van der Waals surface area contributed by atoms with Gasteiger partial charge in [0, 0.05) is 12.1 Å². The van der Waals surface area contributed by atoms with Crippen molar-refractivity contribution in [2.75, 3.05) is 6.61 Å². The van der Waals surface area contributed by atoms with Gasteiger partial charge in [-0.2, -0.15) is 0 Å². The van der Waals surface area contributed by atoms with Crippen LogP contribution in [0.2, 0.25) is 0 Å². The lowest BCUT2D eigenvalue weighted by molar-refractivity contribution is 0.0507. The lowest BCUT2D eigenvalue weighted by Gasteiger charge is -2.29. The summed E-state index contributed by atoms with van der Waals surface area (Å²) < 4.78 is 43.1. The smallest absolute Gasteiger partial charge is 0.408 e. The van der Waals surface area contributed by atoms with Crippen molar-refractivity contribution in [2.45, 2.75) is 89.9 Å². The van der Waals surface area contributed by atoms with Crippen LogP contribution in [0.4, 0.5) is 13.6 Å². The number of hydrogen-bond acceptors (Lipinski definition) is 5. The Morgan fingerprint density at radius 1 is 1.14 bits per heavy atom. The molecule has 0 spiro atoms. The third kappa shape index (κ3) is 8.30. The van der Waals surface area contributed by atoms with E-state index in [1.807, 2.05) is 64.1 Å². The van der Waals surface area contributed by atoms with Crippen LogP contribution in [0, 0.1) is 11.8 Å². The molecule has 2 aliphatic carbocycles. The zero-order valence-electron chi connectivity index (χ0n) is 22.1. The van der Waals surface area contributed by atoms with Gasteiger partial charge in [0.15, 0.2) is 0 Å². The number of pyridine rings is 1. The van der Waals surface area contributed by atoms with Crippen LogP contribution >= 0.6 is 0 Å². The summed E-state index contributed by atoms with van der Waals surface area (Å²) >= 11 is 0. The zero-order chi connectivity index (χ0) is 26.6. The Morgan fingerprint density at radius 3 is 2.46 bits per heavy atom. The molecule has 6 nitrogen and oxygen atoms in total. The number of benzene rings is 1. The van der Waals surface area contributed by atoms with Gasteiger partial charge in [-0.3, -0.25) is 4.98 Å². The Bertz CT molecular complexity index is 1040. The van der Waals surface area contributed by atoms with Crippen LogP contribution in [0.25, 0.3) is 0 Å². The zero-order valence-corrected chi connectivity index (χ0v) is 22.1. The van der Waals surface area contributed by atoms with E-state index in [-0.39, 0.29) is 25.2 Å². The minimum Gasteiger partial charge on any atom is -0.491 e. The predicted molar refractivity (Wildman–Crippen MR) is 137 cm³/mol. The van der Waals surface area contributed by atoms with Crippen molar-refractivity contribution in [3.8, 4) is 11.5 Å². The van der Waals surface area contributed by atoms with E-state index in [4.69, 9.17) is 14.2 Å². The Hall–Kier alpha value is -2.90. The van der Waals surface area contributed by atoms with Crippen molar-refractivity contribution in [3.05, 3.63) is 53.9 Å². The number of ether oxygens (including phenoxy) is 3. The molecule has 0 bridgehead atoms. The van der Waals surface area contributed by atoms with Crippen LogP contribution in [0.1, 0.15) is 77.1 Å². The average molecular weight is 517 g/mol. The Kier molecular flexibility index (Phi) is 8.24. The first-order valence-corrected chi connectivity index (χ1v) is 13.2. The summed E-state index contributed by atoms with van der Waals surface area (Å²) in [7, 11) is 0. The number of halogens is 2. The summed E-state index contributed by atoms with van der Waals surface area (Å²) in [6.45, 7) is 7.47. The quantitative estimate of drug-likeness (QED) is 0.393. The lowest BCUT2D eigenvalue weighted by Crippen LogP contribution is -2.34. The molecule has 1 heterocycles. The van der Waals surface area contributed by atoms with Gasteiger partial charge in [-0.1, -0.05) is 12.1 Å². The molecule has 2 saturated carbocycles. The van der Waals surface area contributed by atoms with Gasteiger partial charge in [-0.25, -0.2) is 13.6 Å². The summed E-state index contributed by atoms with van der Waals surface area (Å²) in [5, 5.41) is 2.86. The number of hydrogen-bond donors (Lipinski definition) is 1. The van der Waals surface area contributed by atoms with E-state index in [0.29, 0.717) is 11.7 Å². The monoisotopic (exact) mass is 516 g/mol. The molecule has 1 aromatic carbocycles. The highest BCUT2D eigenvalue weighted by Gasteiger charge is 2.57. The van der Waals surface area contributed by atoms with E-state index in [0.717, 1.165) is 49.1 Å². The number of alkyl carbamates (subject to hydrolysis) is 1. The Morgan fingerprint density at radius 2 is 1.84 bits per heavy atom. The first kappa shape index (κ1) is 27.1. The summed E-state index contributed by atoms with van der Waals surface area (Å²) in [5.41, 5.74) is 1.42. The molecular weight excluding hydrogens is 478 g/mol. The molecule has 202 valence electrons. The molecule has 0 radical (unpaired) electrons. The fourth-order valence-corrected chi connectivity index (χ4v) is 4.69. The molecule has 2 aliphatic rings. The SMILES string of the molecule is CC(NC(=O)OC(C)(C)C)c1ccc(OC2CCCC(Cc3ccc(OCC4CC4(F)F)cn3)C2)cc1. The van der Waals surface area contributed by atoms with Gasteiger partial charge < -0.3 is 19.5 Å². The van der Waals surface area contributed by atoms with Crippen LogP contribution in [-0.2, 0) is 11.2 Å². The largest absolute Gasteiger partial charge is 0.491 e. The van der Waals surface area contributed by atoms with Crippen LogP contribution in [-0.4, -0.2) is 35.3 Å². The minimum atomic E-state index is -2.56. The molecule has 8 heteroatoms. The number of carbonyl (C=O) groups is 1. The standard InChI is InChI=1S/C29H38F2N2O4/c1-19(33-27(34)37-28(2,3)4)21-8-11-24(12-9-21)36-25-7-5-6-20(15-25)14-23-10-13-26(17-32-23)35-18-22-16-29(22,30)31/h8-13,17,19-20,22,25H,5-7,14-16,18H2,1-4H3,(H,33,34). The molecule has 4 unspecified atom stereocenters. The fourth-order valence-electron chi connectivity index (χ4n) is 4.69. The topological polar surface area (TPSA) is 69.7 Å². The second kappa shape index (κ2) is 11.2. The van der Waals surface area contributed by atoms with Crippen molar-refractivity contribution in [2.24, 2.45) is 11.8 Å². The molecule has 0 saturated heterocycles. The molecule has 2 fully saturated rings. The first-order valence-electron chi connectivity index (χ1n) is 13.2.